The van der Waals surface area contributed by atoms with Gasteiger partial charge >= 0.3 is 7.12 Å². The SMILES string of the molecule is OB(O)c1cccc2c3ccccc3n(-c3cccc(-c4cc(-c5ccccc5)nc(-c5ccccc5)c4)c3)c12. The van der Waals surface area contributed by atoms with Gasteiger partial charge in [-0.2, -0.15) is 0 Å². The zero-order valence-electron chi connectivity index (χ0n) is 21.6. The Labute approximate surface area is 232 Å². The van der Waals surface area contributed by atoms with Gasteiger partial charge in [0, 0.05) is 33.0 Å². The van der Waals surface area contributed by atoms with Crippen molar-refractivity contribution in [3.63, 3.8) is 0 Å². The van der Waals surface area contributed by atoms with Crippen molar-refractivity contribution in [2.75, 3.05) is 0 Å². The molecule has 5 heteroatoms. The van der Waals surface area contributed by atoms with E-state index in [0.717, 1.165) is 61.1 Å². The van der Waals surface area contributed by atoms with E-state index in [4.69, 9.17) is 4.98 Å². The Morgan fingerprint density at radius 2 is 1.07 bits per heavy atom. The Kier molecular flexibility index (Phi) is 6.01. The lowest BCUT2D eigenvalue weighted by molar-refractivity contribution is 0.426. The second-order valence-electron chi connectivity index (χ2n) is 9.88. The summed E-state index contributed by atoms with van der Waals surface area (Å²) in [4.78, 5) is 5.02. The van der Waals surface area contributed by atoms with E-state index in [1.807, 2.05) is 66.7 Å². The molecule has 0 saturated heterocycles. The summed E-state index contributed by atoms with van der Waals surface area (Å²) < 4.78 is 2.13. The van der Waals surface area contributed by atoms with E-state index in [1.54, 1.807) is 6.07 Å². The van der Waals surface area contributed by atoms with Crippen LogP contribution in [0.2, 0.25) is 0 Å². The Bertz CT molecular complexity index is 1920. The minimum absolute atomic E-state index is 0.473. The van der Waals surface area contributed by atoms with Gasteiger partial charge in [-0.1, -0.05) is 109 Å². The van der Waals surface area contributed by atoms with Gasteiger partial charge in [0.15, 0.2) is 0 Å². The largest absolute Gasteiger partial charge is 0.490 e. The summed E-state index contributed by atoms with van der Waals surface area (Å²) in [5.74, 6) is 0. The molecule has 7 aromatic rings. The molecule has 0 bridgehead atoms. The molecule has 0 spiro atoms. The van der Waals surface area contributed by atoms with Gasteiger partial charge in [0.25, 0.3) is 0 Å². The van der Waals surface area contributed by atoms with E-state index < -0.39 is 7.12 Å². The van der Waals surface area contributed by atoms with Crippen molar-refractivity contribution < 1.29 is 10.0 Å². The number of nitrogens with zero attached hydrogens (tertiary/aromatic N) is 2. The second kappa shape index (κ2) is 9.97. The summed E-state index contributed by atoms with van der Waals surface area (Å²) in [6, 6.07) is 47.0. The highest BCUT2D eigenvalue weighted by molar-refractivity contribution is 6.62. The lowest BCUT2D eigenvalue weighted by Gasteiger charge is -2.14. The molecule has 2 N–H and O–H groups in total. The zero-order valence-corrected chi connectivity index (χ0v) is 21.6. The molecule has 40 heavy (non-hydrogen) atoms. The van der Waals surface area contributed by atoms with E-state index in [1.165, 1.54) is 0 Å². The molecule has 2 heterocycles. The monoisotopic (exact) mass is 516 g/mol. The Balaban J connectivity index is 1.46. The Hall–Kier alpha value is -4.97. The molecule has 0 aliphatic heterocycles. The van der Waals surface area contributed by atoms with Gasteiger partial charge in [-0.15, -0.1) is 0 Å². The fourth-order valence-corrected chi connectivity index (χ4v) is 5.56. The van der Waals surface area contributed by atoms with Crippen LogP contribution in [0.15, 0.2) is 140 Å². The molecule has 7 rings (SSSR count). The van der Waals surface area contributed by atoms with E-state index in [2.05, 4.69) is 71.3 Å². The van der Waals surface area contributed by atoms with Gasteiger partial charge in [-0.25, -0.2) is 4.98 Å². The first kappa shape index (κ1) is 24.1. The summed E-state index contributed by atoms with van der Waals surface area (Å²) in [5, 5.41) is 22.6. The quantitative estimate of drug-likeness (QED) is 0.246. The molecule has 0 fully saturated rings. The van der Waals surface area contributed by atoms with Gasteiger partial charge in [-0.3, -0.25) is 0 Å². The number of pyridine rings is 1. The fraction of sp³-hybridized carbons (Fsp3) is 0. The number of aromatic nitrogens is 2. The minimum atomic E-state index is -1.59. The molecule has 0 aliphatic carbocycles. The number of hydrogen-bond donors (Lipinski definition) is 2. The normalized spacial score (nSPS) is 11.2. The highest BCUT2D eigenvalue weighted by Gasteiger charge is 2.21. The number of para-hydroxylation sites is 2. The molecule has 2 aromatic heterocycles. The van der Waals surface area contributed by atoms with E-state index >= 15 is 0 Å². The molecule has 190 valence electrons. The van der Waals surface area contributed by atoms with Gasteiger partial charge in [0.1, 0.15) is 0 Å². The van der Waals surface area contributed by atoms with Crippen molar-refractivity contribution in [3.8, 4) is 39.3 Å². The molecule has 5 aromatic carbocycles. The maximum absolute atomic E-state index is 10.3. The van der Waals surface area contributed by atoms with E-state index in [0.29, 0.717) is 5.46 Å². The Morgan fingerprint density at radius 3 is 1.75 bits per heavy atom. The van der Waals surface area contributed by atoms with Crippen molar-refractivity contribution in [3.05, 3.63) is 140 Å². The maximum atomic E-state index is 10.3. The molecule has 0 radical (unpaired) electrons. The first-order valence-corrected chi connectivity index (χ1v) is 13.3. The smallest absolute Gasteiger partial charge is 0.423 e. The summed E-state index contributed by atoms with van der Waals surface area (Å²) >= 11 is 0. The molecule has 0 aliphatic rings. The minimum Gasteiger partial charge on any atom is -0.423 e. The number of fused-ring (bicyclic) bond motifs is 3. The fourth-order valence-electron chi connectivity index (χ4n) is 5.56. The number of benzene rings is 5. The van der Waals surface area contributed by atoms with Crippen molar-refractivity contribution in [2.24, 2.45) is 0 Å². The van der Waals surface area contributed by atoms with Gasteiger partial charge in [0.2, 0.25) is 0 Å². The first-order valence-electron chi connectivity index (χ1n) is 13.3. The maximum Gasteiger partial charge on any atom is 0.490 e. The van der Waals surface area contributed by atoms with Crippen LogP contribution in [0.25, 0.3) is 61.1 Å². The third-order valence-electron chi connectivity index (χ3n) is 7.41. The molecule has 4 nitrogen and oxygen atoms in total. The van der Waals surface area contributed by atoms with Crippen molar-refractivity contribution in [1.29, 1.82) is 0 Å². The molecular formula is C35H25BN2O2. The topological polar surface area (TPSA) is 58.3 Å². The highest BCUT2D eigenvalue weighted by atomic mass is 16.4. The lowest BCUT2D eigenvalue weighted by atomic mass is 9.79. The third-order valence-corrected chi connectivity index (χ3v) is 7.41. The molecule has 0 amide bonds. The zero-order chi connectivity index (χ0) is 27.1. The summed E-state index contributed by atoms with van der Waals surface area (Å²) in [7, 11) is -1.59. The first-order chi connectivity index (χ1) is 19.7. The number of hydrogen-bond acceptors (Lipinski definition) is 3. The standard InChI is InChI=1S/C35H25BN2O2/c39-36(40)31-19-10-18-30-29-17-7-8-20-34(29)38(35(30)31)28-16-9-15-26(21-28)27-22-32(24-11-3-1-4-12-24)37-33(23-27)25-13-5-2-6-14-25/h1-23,39-40H. The van der Waals surface area contributed by atoms with Crippen LogP contribution >= 0.6 is 0 Å². The van der Waals surface area contributed by atoms with Crippen LogP contribution in [0.4, 0.5) is 0 Å². The van der Waals surface area contributed by atoms with Gasteiger partial charge < -0.3 is 14.6 Å². The van der Waals surface area contributed by atoms with Gasteiger partial charge in [-0.05, 0) is 41.5 Å². The van der Waals surface area contributed by atoms with Crippen molar-refractivity contribution in [2.45, 2.75) is 0 Å². The van der Waals surface area contributed by atoms with E-state index in [-0.39, 0.29) is 0 Å². The lowest BCUT2D eigenvalue weighted by Crippen LogP contribution is -2.31. The van der Waals surface area contributed by atoms with Crippen LogP contribution in [0.5, 0.6) is 0 Å². The average Bonchev–Trinajstić information content (AvgIpc) is 3.36. The third kappa shape index (κ3) is 4.18. The van der Waals surface area contributed by atoms with Crippen LogP contribution in [-0.4, -0.2) is 26.7 Å². The Morgan fingerprint density at radius 1 is 0.500 bits per heavy atom. The van der Waals surface area contributed by atoms with Crippen LogP contribution in [0.1, 0.15) is 0 Å². The van der Waals surface area contributed by atoms with E-state index in [9.17, 15) is 10.0 Å². The molecule has 0 atom stereocenters. The average molecular weight is 516 g/mol. The highest BCUT2D eigenvalue weighted by Crippen LogP contribution is 2.34. The molecular weight excluding hydrogens is 491 g/mol. The predicted molar refractivity (Wildman–Crippen MR) is 165 cm³/mol. The van der Waals surface area contributed by atoms with Crippen LogP contribution in [-0.2, 0) is 0 Å². The van der Waals surface area contributed by atoms with Crippen LogP contribution in [0, 0.1) is 0 Å². The van der Waals surface area contributed by atoms with Crippen LogP contribution < -0.4 is 5.46 Å². The molecule has 0 saturated carbocycles. The van der Waals surface area contributed by atoms with Crippen molar-refractivity contribution in [1.82, 2.24) is 9.55 Å². The summed E-state index contributed by atoms with van der Waals surface area (Å²) in [6.07, 6.45) is 0. The molecule has 0 unspecified atom stereocenters. The number of rotatable bonds is 5. The summed E-state index contributed by atoms with van der Waals surface area (Å²) in [6.45, 7) is 0. The van der Waals surface area contributed by atoms with Crippen molar-refractivity contribution >= 4 is 34.4 Å². The summed E-state index contributed by atoms with van der Waals surface area (Å²) in [5.41, 5.74) is 9.24. The van der Waals surface area contributed by atoms with Crippen LogP contribution in [0.3, 0.4) is 0 Å². The van der Waals surface area contributed by atoms with Gasteiger partial charge in [0.05, 0.1) is 22.4 Å². The second-order valence-corrected chi connectivity index (χ2v) is 9.88. The predicted octanol–water partition coefficient (Wildman–Crippen LogP) is 6.86.